The third-order valence-electron chi connectivity index (χ3n) is 7.47. The number of fused-ring (bicyclic) bond motifs is 1. The highest BCUT2D eigenvalue weighted by molar-refractivity contribution is 5.72. The normalized spacial score (nSPS) is 22.8. The summed E-state index contributed by atoms with van der Waals surface area (Å²) in [6.45, 7) is 5.40. The van der Waals surface area contributed by atoms with E-state index in [1.165, 1.54) is 11.3 Å². The Kier molecular flexibility index (Phi) is 6.02. The number of aryl methyl sites for hydroxylation is 1. The van der Waals surface area contributed by atoms with E-state index in [0.29, 0.717) is 17.9 Å². The van der Waals surface area contributed by atoms with Gasteiger partial charge in [-0.05, 0) is 62.1 Å². The van der Waals surface area contributed by atoms with E-state index in [4.69, 9.17) is 15.7 Å². The predicted octanol–water partition coefficient (Wildman–Crippen LogP) is 5.33. The van der Waals surface area contributed by atoms with Gasteiger partial charge in [-0.25, -0.2) is 4.98 Å². The van der Waals surface area contributed by atoms with Crippen molar-refractivity contribution in [3.63, 3.8) is 0 Å². The third-order valence-corrected chi connectivity index (χ3v) is 7.47. The van der Waals surface area contributed by atoms with Crippen molar-refractivity contribution in [3.05, 3.63) is 60.4 Å². The highest BCUT2D eigenvalue weighted by Gasteiger charge is 2.34. The van der Waals surface area contributed by atoms with Gasteiger partial charge in [0.2, 0.25) is 5.95 Å². The predicted molar refractivity (Wildman–Crippen MR) is 135 cm³/mol. The van der Waals surface area contributed by atoms with Crippen LogP contribution in [0.15, 0.2) is 54.9 Å². The SMILES string of the molecule is CC(C)C1(N)CCC(Nc2nccc(N3CCCc4cnc(-c5ccccc5)cc43)n2)CC1. The van der Waals surface area contributed by atoms with Gasteiger partial charge in [0.1, 0.15) is 5.82 Å². The molecular weight excluding hydrogens is 408 g/mol. The Morgan fingerprint density at radius 3 is 2.64 bits per heavy atom. The molecule has 1 fully saturated rings. The molecule has 172 valence electrons. The van der Waals surface area contributed by atoms with Gasteiger partial charge in [0, 0.05) is 41.8 Å². The van der Waals surface area contributed by atoms with E-state index in [0.717, 1.165) is 62.1 Å². The van der Waals surface area contributed by atoms with Crippen LogP contribution in [0.1, 0.15) is 51.5 Å². The number of anilines is 3. The number of nitrogens with zero attached hydrogens (tertiary/aromatic N) is 4. The van der Waals surface area contributed by atoms with Crippen LogP contribution >= 0.6 is 0 Å². The van der Waals surface area contributed by atoms with Crippen molar-refractivity contribution in [2.24, 2.45) is 11.7 Å². The van der Waals surface area contributed by atoms with E-state index in [1.807, 2.05) is 24.5 Å². The molecule has 3 aromatic rings. The summed E-state index contributed by atoms with van der Waals surface area (Å²) < 4.78 is 0. The summed E-state index contributed by atoms with van der Waals surface area (Å²) in [7, 11) is 0. The lowest BCUT2D eigenvalue weighted by molar-refractivity contribution is 0.212. The van der Waals surface area contributed by atoms with Crippen LogP contribution in [0, 0.1) is 5.92 Å². The highest BCUT2D eigenvalue weighted by atomic mass is 15.2. The zero-order valence-corrected chi connectivity index (χ0v) is 19.7. The van der Waals surface area contributed by atoms with Gasteiger partial charge in [-0.3, -0.25) is 4.98 Å². The summed E-state index contributed by atoms with van der Waals surface area (Å²) in [5.41, 5.74) is 11.2. The molecule has 5 rings (SSSR count). The summed E-state index contributed by atoms with van der Waals surface area (Å²) in [6, 6.07) is 14.9. The van der Waals surface area contributed by atoms with E-state index >= 15 is 0 Å². The second-order valence-electron chi connectivity index (χ2n) is 9.86. The molecule has 1 saturated carbocycles. The van der Waals surface area contributed by atoms with E-state index in [2.05, 4.69) is 59.4 Å². The molecule has 3 heterocycles. The van der Waals surface area contributed by atoms with Gasteiger partial charge in [-0.2, -0.15) is 4.98 Å². The van der Waals surface area contributed by atoms with E-state index in [9.17, 15) is 0 Å². The van der Waals surface area contributed by atoms with Gasteiger partial charge >= 0.3 is 0 Å². The lowest BCUT2D eigenvalue weighted by Gasteiger charge is -2.40. The average molecular weight is 443 g/mol. The molecule has 1 aliphatic carbocycles. The number of benzene rings is 1. The summed E-state index contributed by atoms with van der Waals surface area (Å²) in [6.07, 6.45) is 10.2. The number of hydrogen-bond acceptors (Lipinski definition) is 6. The first-order valence-electron chi connectivity index (χ1n) is 12.2. The maximum absolute atomic E-state index is 6.61. The molecule has 6 nitrogen and oxygen atoms in total. The van der Waals surface area contributed by atoms with Gasteiger partial charge < -0.3 is 16.0 Å². The molecule has 0 saturated heterocycles. The minimum absolute atomic E-state index is 0.0388. The van der Waals surface area contributed by atoms with Gasteiger partial charge in [-0.1, -0.05) is 44.2 Å². The number of pyridine rings is 1. The fourth-order valence-corrected chi connectivity index (χ4v) is 5.10. The first kappa shape index (κ1) is 21.8. The lowest BCUT2D eigenvalue weighted by Crippen LogP contribution is -2.49. The largest absolute Gasteiger partial charge is 0.351 e. The number of nitrogens with one attached hydrogen (secondary N) is 1. The van der Waals surface area contributed by atoms with Crippen molar-refractivity contribution in [1.29, 1.82) is 0 Å². The minimum atomic E-state index is -0.0388. The Morgan fingerprint density at radius 1 is 1.09 bits per heavy atom. The van der Waals surface area contributed by atoms with Crippen molar-refractivity contribution in [2.45, 2.75) is 64.0 Å². The molecule has 1 aromatic carbocycles. The molecule has 0 bridgehead atoms. The van der Waals surface area contributed by atoms with Crippen LogP contribution in [0.5, 0.6) is 0 Å². The second kappa shape index (κ2) is 9.10. The van der Waals surface area contributed by atoms with Gasteiger partial charge in [0.05, 0.1) is 5.69 Å². The average Bonchev–Trinajstić information content (AvgIpc) is 2.85. The molecule has 33 heavy (non-hydrogen) atoms. The van der Waals surface area contributed by atoms with Gasteiger partial charge in [0.15, 0.2) is 0 Å². The van der Waals surface area contributed by atoms with Crippen LogP contribution in [0.25, 0.3) is 11.3 Å². The summed E-state index contributed by atoms with van der Waals surface area (Å²) in [4.78, 5) is 16.5. The first-order chi connectivity index (χ1) is 16.0. The minimum Gasteiger partial charge on any atom is -0.351 e. The topological polar surface area (TPSA) is 80.0 Å². The fraction of sp³-hybridized carbons (Fsp3) is 0.444. The Hall–Kier alpha value is -2.99. The molecule has 0 atom stereocenters. The fourth-order valence-electron chi connectivity index (χ4n) is 5.10. The van der Waals surface area contributed by atoms with Crippen molar-refractivity contribution in [1.82, 2.24) is 15.0 Å². The van der Waals surface area contributed by atoms with Crippen molar-refractivity contribution >= 4 is 17.5 Å². The van der Waals surface area contributed by atoms with Crippen molar-refractivity contribution < 1.29 is 0 Å². The standard InChI is InChI=1S/C27H34N6/c1-19(2)27(28)13-10-22(11-14-27)31-26-29-15-12-25(32-26)33-16-6-9-21-18-30-23(17-24(21)33)20-7-4-3-5-8-20/h3-5,7-8,12,15,17-19,22H,6,9-11,13-14,16,28H2,1-2H3,(H,29,31,32). The molecule has 2 aliphatic rings. The first-order valence-corrected chi connectivity index (χ1v) is 12.2. The summed E-state index contributed by atoms with van der Waals surface area (Å²) in [5, 5.41) is 3.58. The number of hydrogen-bond donors (Lipinski definition) is 2. The van der Waals surface area contributed by atoms with Gasteiger partial charge in [0.25, 0.3) is 0 Å². The Balaban J connectivity index is 1.36. The Morgan fingerprint density at radius 2 is 1.88 bits per heavy atom. The number of aromatic nitrogens is 3. The number of nitrogens with two attached hydrogens (primary N) is 1. The molecule has 0 spiro atoms. The molecule has 2 aromatic heterocycles. The quantitative estimate of drug-likeness (QED) is 0.556. The Labute approximate surface area is 196 Å². The Bertz CT molecular complexity index is 1090. The van der Waals surface area contributed by atoms with Gasteiger partial charge in [-0.15, -0.1) is 0 Å². The lowest BCUT2D eigenvalue weighted by atomic mass is 9.73. The monoisotopic (exact) mass is 442 g/mol. The zero-order chi connectivity index (χ0) is 22.8. The van der Waals surface area contributed by atoms with Crippen molar-refractivity contribution in [2.75, 3.05) is 16.8 Å². The maximum Gasteiger partial charge on any atom is 0.224 e. The van der Waals surface area contributed by atoms with Crippen LogP contribution in [-0.2, 0) is 6.42 Å². The highest BCUT2D eigenvalue weighted by Crippen LogP contribution is 2.36. The van der Waals surface area contributed by atoms with Crippen LogP contribution < -0.4 is 16.0 Å². The zero-order valence-electron chi connectivity index (χ0n) is 19.7. The molecule has 3 N–H and O–H groups in total. The van der Waals surface area contributed by atoms with Crippen LogP contribution in [0.2, 0.25) is 0 Å². The van der Waals surface area contributed by atoms with Crippen LogP contribution in [-0.4, -0.2) is 33.1 Å². The molecule has 1 aliphatic heterocycles. The molecule has 6 heteroatoms. The molecular formula is C27H34N6. The van der Waals surface area contributed by atoms with Crippen molar-refractivity contribution in [3.8, 4) is 11.3 Å². The third kappa shape index (κ3) is 4.58. The molecule has 0 amide bonds. The smallest absolute Gasteiger partial charge is 0.224 e. The van der Waals surface area contributed by atoms with Crippen LogP contribution in [0.3, 0.4) is 0 Å². The summed E-state index contributed by atoms with van der Waals surface area (Å²) >= 11 is 0. The van der Waals surface area contributed by atoms with E-state index in [-0.39, 0.29) is 5.54 Å². The van der Waals surface area contributed by atoms with E-state index < -0.39 is 0 Å². The van der Waals surface area contributed by atoms with Crippen LogP contribution in [0.4, 0.5) is 17.5 Å². The number of rotatable bonds is 5. The van der Waals surface area contributed by atoms with E-state index in [1.54, 1.807) is 0 Å². The molecule has 0 radical (unpaired) electrons. The summed E-state index contributed by atoms with van der Waals surface area (Å²) in [5.74, 6) is 2.15. The molecule has 0 unspecified atom stereocenters. The maximum atomic E-state index is 6.61. The second-order valence-corrected chi connectivity index (χ2v) is 9.86.